The van der Waals surface area contributed by atoms with Gasteiger partial charge >= 0.3 is 0 Å². The summed E-state index contributed by atoms with van der Waals surface area (Å²) in [5.41, 5.74) is 4.11. The first kappa shape index (κ1) is 20.8. The molecule has 6 nitrogen and oxygen atoms in total. The highest BCUT2D eigenvalue weighted by Gasteiger charge is 2.09. The molecule has 0 spiro atoms. The SMILES string of the molecule is Clc1ccc(OCCONC(=Cn2cncn2)c2ccc(Cl)cc2Cl)c(Cl)c1. The number of benzene rings is 2. The van der Waals surface area contributed by atoms with E-state index in [2.05, 4.69) is 15.6 Å². The molecule has 3 rings (SSSR count). The molecule has 10 heteroatoms. The lowest BCUT2D eigenvalue weighted by atomic mass is 10.2. The predicted octanol–water partition coefficient (Wildman–Crippen LogP) is 5.45. The van der Waals surface area contributed by atoms with E-state index >= 15 is 0 Å². The fourth-order valence-corrected chi connectivity index (χ4v) is 3.16. The molecule has 3 aromatic rings. The van der Waals surface area contributed by atoms with Crippen molar-refractivity contribution in [1.82, 2.24) is 20.2 Å². The molecule has 0 aliphatic heterocycles. The van der Waals surface area contributed by atoms with E-state index in [4.69, 9.17) is 56.0 Å². The third kappa shape index (κ3) is 5.77. The van der Waals surface area contributed by atoms with Crippen LogP contribution in [0.15, 0.2) is 49.1 Å². The average molecular weight is 460 g/mol. The summed E-state index contributed by atoms with van der Waals surface area (Å²) >= 11 is 24.2. The summed E-state index contributed by atoms with van der Waals surface area (Å²) in [6.45, 7) is 0.498. The molecule has 0 radical (unpaired) electrons. The van der Waals surface area contributed by atoms with Crippen molar-refractivity contribution >= 4 is 58.3 Å². The maximum atomic E-state index is 6.30. The van der Waals surface area contributed by atoms with Crippen molar-refractivity contribution < 1.29 is 9.57 Å². The molecular formula is C18H14Cl4N4O2. The molecule has 1 heterocycles. The van der Waals surface area contributed by atoms with Gasteiger partial charge in [0.1, 0.15) is 31.6 Å². The van der Waals surface area contributed by atoms with Crippen LogP contribution < -0.4 is 10.2 Å². The second kappa shape index (κ2) is 10.0. The van der Waals surface area contributed by atoms with Crippen molar-refractivity contribution in [3.8, 4) is 5.75 Å². The number of ether oxygens (including phenoxy) is 1. The summed E-state index contributed by atoms with van der Waals surface area (Å²) in [6, 6.07) is 10.1. The Labute approximate surface area is 181 Å². The second-order valence-electron chi connectivity index (χ2n) is 5.42. The van der Waals surface area contributed by atoms with Crippen LogP contribution in [0.25, 0.3) is 11.9 Å². The molecule has 0 atom stereocenters. The van der Waals surface area contributed by atoms with Crippen LogP contribution in [0.5, 0.6) is 5.75 Å². The zero-order chi connectivity index (χ0) is 19.9. The summed E-state index contributed by atoms with van der Waals surface area (Å²) in [7, 11) is 0. The number of nitrogens with one attached hydrogen (secondary N) is 1. The molecule has 146 valence electrons. The fraction of sp³-hybridized carbons (Fsp3) is 0.111. The van der Waals surface area contributed by atoms with Gasteiger partial charge in [0.25, 0.3) is 0 Å². The van der Waals surface area contributed by atoms with E-state index in [1.807, 2.05) is 0 Å². The Morgan fingerprint density at radius 2 is 1.75 bits per heavy atom. The summed E-state index contributed by atoms with van der Waals surface area (Å²) in [5, 5.41) is 6.00. The molecule has 0 unspecified atom stereocenters. The van der Waals surface area contributed by atoms with Crippen molar-refractivity contribution in [1.29, 1.82) is 0 Å². The van der Waals surface area contributed by atoms with Gasteiger partial charge in [-0.3, -0.25) is 10.3 Å². The average Bonchev–Trinajstić information content (AvgIpc) is 3.15. The van der Waals surface area contributed by atoms with Gasteiger partial charge in [-0.1, -0.05) is 46.4 Å². The second-order valence-corrected chi connectivity index (χ2v) is 7.10. The first-order valence-electron chi connectivity index (χ1n) is 8.00. The van der Waals surface area contributed by atoms with Crippen LogP contribution in [-0.4, -0.2) is 28.0 Å². The van der Waals surface area contributed by atoms with Crippen molar-refractivity contribution in [2.24, 2.45) is 0 Å². The molecule has 0 aliphatic rings. The normalized spacial score (nSPS) is 11.5. The Kier molecular flexibility index (Phi) is 7.42. The number of aromatic nitrogens is 3. The van der Waals surface area contributed by atoms with Gasteiger partial charge < -0.3 is 4.74 Å². The van der Waals surface area contributed by atoms with Crippen molar-refractivity contribution in [2.75, 3.05) is 13.2 Å². The molecule has 0 aliphatic carbocycles. The van der Waals surface area contributed by atoms with Crippen LogP contribution in [0.2, 0.25) is 20.1 Å². The summed E-state index contributed by atoms with van der Waals surface area (Å²) in [5.74, 6) is 0.522. The highest BCUT2D eigenvalue weighted by molar-refractivity contribution is 6.36. The van der Waals surface area contributed by atoms with E-state index in [9.17, 15) is 0 Å². The maximum absolute atomic E-state index is 6.30. The number of hydrogen-bond donors (Lipinski definition) is 1. The molecule has 0 bridgehead atoms. The standard InChI is InChI=1S/C18H14Cl4N4O2/c19-12-1-3-14(15(21)7-12)17(9-26-11-23-10-24-26)25-28-6-5-27-18-4-2-13(20)8-16(18)22/h1-4,7-11,25H,5-6H2. The maximum Gasteiger partial charge on any atom is 0.138 e. The minimum Gasteiger partial charge on any atom is -0.490 e. The van der Waals surface area contributed by atoms with Gasteiger partial charge in [0.2, 0.25) is 0 Å². The predicted molar refractivity (Wildman–Crippen MR) is 112 cm³/mol. The van der Waals surface area contributed by atoms with Gasteiger partial charge in [-0.2, -0.15) is 5.10 Å². The quantitative estimate of drug-likeness (QED) is 0.358. The summed E-state index contributed by atoms with van der Waals surface area (Å²) < 4.78 is 7.09. The van der Waals surface area contributed by atoms with Gasteiger partial charge in [-0.25, -0.2) is 9.67 Å². The van der Waals surface area contributed by atoms with Crippen LogP contribution >= 0.6 is 46.4 Å². The minimum atomic E-state index is 0.235. The molecule has 2 aromatic carbocycles. The molecule has 0 saturated carbocycles. The molecule has 0 fully saturated rings. The van der Waals surface area contributed by atoms with Crippen molar-refractivity contribution in [3.63, 3.8) is 0 Å². The minimum absolute atomic E-state index is 0.235. The first-order valence-corrected chi connectivity index (χ1v) is 9.51. The van der Waals surface area contributed by atoms with Crippen molar-refractivity contribution in [3.05, 3.63) is 74.7 Å². The number of nitrogens with zero attached hydrogens (tertiary/aromatic N) is 3. The van der Waals surface area contributed by atoms with E-state index in [-0.39, 0.29) is 13.2 Å². The Morgan fingerprint density at radius 1 is 1.00 bits per heavy atom. The third-order valence-corrected chi connectivity index (χ3v) is 4.52. The van der Waals surface area contributed by atoms with Crippen LogP contribution in [0.4, 0.5) is 0 Å². The lowest BCUT2D eigenvalue weighted by molar-refractivity contribution is 0.0542. The first-order chi connectivity index (χ1) is 13.5. The lowest BCUT2D eigenvalue weighted by Gasteiger charge is -2.14. The molecule has 0 amide bonds. The van der Waals surface area contributed by atoms with Gasteiger partial charge in [0.15, 0.2) is 0 Å². The largest absolute Gasteiger partial charge is 0.490 e. The summed E-state index contributed by atoms with van der Waals surface area (Å²) in [4.78, 5) is 9.41. The van der Waals surface area contributed by atoms with Gasteiger partial charge in [0.05, 0.1) is 21.9 Å². The number of hydroxylamine groups is 1. The molecule has 1 aromatic heterocycles. The number of hydrogen-bond acceptors (Lipinski definition) is 5. The zero-order valence-corrected chi connectivity index (χ0v) is 17.3. The third-order valence-electron chi connectivity index (χ3n) is 3.44. The smallest absolute Gasteiger partial charge is 0.138 e. The van der Waals surface area contributed by atoms with E-state index in [1.165, 1.54) is 17.3 Å². The Balaban J connectivity index is 1.62. The van der Waals surface area contributed by atoms with Crippen LogP contribution in [-0.2, 0) is 4.84 Å². The van der Waals surface area contributed by atoms with Crippen LogP contribution in [0.1, 0.15) is 5.56 Å². The zero-order valence-electron chi connectivity index (χ0n) is 14.3. The van der Waals surface area contributed by atoms with E-state index in [0.29, 0.717) is 37.1 Å². The number of halogens is 4. The Bertz CT molecular complexity index is 964. The number of rotatable bonds is 8. The van der Waals surface area contributed by atoms with Crippen LogP contribution in [0, 0.1) is 0 Å². The van der Waals surface area contributed by atoms with Crippen LogP contribution in [0.3, 0.4) is 0 Å². The fourth-order valence-electron chi connectivity index (χ4n) is 2.19. The Morgan fingerprint density at radius 3 is 2.43 bits per heavy atom. The van der Waals surface area contributed by atoms with E-state index < -0.39 is 0 Å². The molecular weight excluding hydrogens is 446 g/mol. The van der Waals surface area contributed by atoms with Crippen molar-refractivity contribution in [2.45, 2.75) is 0 Å². The van der Waals surface area contributed by atoms with Gasteiger partial charge in [-0.15, -0.1) is 0 Å². The monoisotopic (exact) mass is 458 g/mol. The molecule has 1 N–H and O–H groups in total. The molecule has 28 heavy (non-hydrogen) atoms. The van der Waals surface area contributed by atoms with Gasteiger partial charge in [-0.05, 0) is 36.4 Å². The highest BCUT2D eigenvalue weighted by atomic mass is 35.5. The Hall–Kier alpha value is -1.96. The van der Waals surface area contributed by atoms with E-state index in [0.717, 1.165) is 0 Å². The lowest BCUT2D eigenvalue weighted by Crippen LogP contribution is -2.18. The summed E-state index contributed by atoms with van der Waals surface area (Å²) in [6.07, 6.45) is 4.64. The highest BCUT2D eigenvalue weighted by Crippen LogP contribution is 2.28. The topological polar surface area (TPSA) is 61.2 Å². The van der Waals surface area contributed by atoms with E-state index in [1.54, 1.807) is 42.6 Å². The molecule has 0 saturated heterocycles. The van der Waals surface area contributed by atoms with Gasteiger partial charge in [0, 0.05) is 15.6 Å².